The van der Waals surface area contributed by atoms with Crippen LogP contribution in [-0.2, 0) is 9.59 Å². The number of aliphatic hydroxyl groups is 1. The molecule has 0 aromatic heterocycles. The summed E-state index contributed by atoms with van der Waals surface area (Å²) >= 11 is 3.43. The molecule has 4 nitrogen and oxygen atoms in total. The van der Waals surface area contributed by atoms with Gasteiger partial charge >= 0.3 is 0 Å². The largest absolute Gasteiger partial charge is 0.507 e. The molecule has 1 atom stereocenters. The van der Waals surface area contributed by atoms with Gasteiger partial charge in [-0.3, -0.25) is 9.59 Å². The van der Waals surface area contributed by atoms with Gasteiger partial charge in [-0.2, -0.15) is 0 Å². The lowest BCUT2D eigenvalue weighted by Gasteiger charge is -2.25. The van der Waals surface area contributed by atoms with Crippen molar-refractivity contribution in [3.05, 3.63) is 75.8 Å². The van der Waals surface area contributed by atoms with Crippen molar-refractivity contribution in [1.29, 1.82) is 0 Å². The van der Waals surface area contributed by atoms with Crippen LogP contribution < -0.4 is 0 Å². The number of carbonyl (C=O) groups excluding carboxylic acids is 2. The summed E-state index contributed by atoms with van der Waals surface area (Å²) in [7, 11) is 0. The first kappa shape index (κ1) is 30.1. The van der Waals surface area contributed by atoms with Crippen LogP contribution in [0.25, 0.3) is 5.76 Å². The zero-order valence-electron chi connectivity index (χ0n) is 23.0. The number of amides is 1. The molecule has 1 N–H and O–H groups in total. The summed E-state index contributed by atoms with van der Waals surface area (Å²) in [4.78, 5) is 27.9. The van der Waals surface area contributed by atoms with Crippen LogP contribution >= 0.6 is 15.9 Å². The number of halogens is 1. The van der Waals surface area contributed by atoms with Crippen molar-refractivity contribution in [2.75, 3.05) is 6.54 Å². The van der Waals surface area contributed by atoms with Crippen LogP contribution in [0.3, 0.4) is 0 Å². The van der Waals surface area contributed by atoms with Crippen molar-refractivity contribution in [1.82, 2.24) is 4.90 Å². The molecule has 1 aliphatic heterocycles. The van der Waals surface area contributed by atoms with E-state index in [1.807, 2.05) is 36.4 Å². The van der Waals surface area contributed by atoms with Crippen LogP contribution in [0.15, 0.2) is 64.6 Å². The van der Waals surface area contributed by atoms with Crippen molar-refractivity contribution in [3.63, 3.8) is 0 Å². The highest BCUT2D eigenvalue weighted by Gasteiger charge is 2.45. The standard InChI is InChI=1S/C33H44BrNO3/c1-2-3-4-5-6-7-8-9-10-11-12-13-14-18-24-35-30(26-20-16-15-17-21-26)29(32(37)33(35)38)31(36)27-22-19-23-28(34)25-27/h15-17,19-23,25,30,36H,2-14,18,24H2,1H3/b31-29+. The van der Waals surface area contributed by atoms with E-state index in [0.717, 1.165) is 29.3 Å². The second-order valence-electron chi connectivity index (χ2n) is 10.5. The van der Waals surface area contributed by atoms with E-state index < -0.39 is 17.7 Å². The van der Waals surface area contributed by atoms with E-state index in [9.17, 15) is 14.7 Å². The van der Waals surface area contributed by atoms with E-state index in [2.05, 4.69) is 22.9 Å². The van der Waals surface area contributed by atoms with Crippen LogP contribution in [0, 0.1) is 0 Å². The predicted octanol–water partition coefficient (Wildman–Crippen LogP) is 9.35. The van der Waals surface area contributed by atoms with Gasteiger partial charge < -0.3 is 10.0 Å². The highest BCUT2D eigenvalue weighted by atomic mass is 79.9. The van der Waals surface area contributed by atoms with Crippen molar-refractivity contribution < 1.29 is 14.7 Å². The third-order valence-corrected chi connectivity index (χ3v) is 8.00. The van der Waals surface area contributed by atoms with Crippen molar-refractivity contribution in [3.8, 4) is 0 Å². The molecule has 0 spiro atoms. The minimum Gasteiger partial charge on any atom is -0.507 e. The number of hydrogen-bond donors (Lipinski definition) is 1. The molecule has 1 amide bonds. The SMILES string of the molecule is CCCCCCCCCCCCCCCCN1C(=O)C(=O)/C(=C(/O)c2cccc(Br)c2)C1c1ccccc1. The number of carbonyl (C=O) groups is 2. The van der Waals surface area contributed by atoms with Crippen LogP contribution in [-0.4, -0.2) is 28.2 Å². The summed E-state index contributed by atoms with van der Waals surface area (Å²) < 4.78 is 0.800. The number of Topliss-reactive ketones (excluding diaryl/α,β-unsaturated/α-hetero) is 1. The van der Waals surface area contributed by atoms with E-state index in [1.165, 1.54) is 70.6 Å². The fraction of sp³-hybridized carbons (Fsp3) is 0.515. The second kappa shape index (κ2) is 16.5. The lowest BCUT2D eigenvalue weighted by Crippen LogP contribution is -2.30. The number of rotatable bonds is 17. The Morgan fingerprint density at radius 1 is 0.763 bits per heavy atom. The lowest BCUT2D eigenvalue weighted by molar-refractivity contribution is -0.139. The Kier molecular flexibility index (Phi) is 13.1. The van der Waals surface area contributed by atoms with E-state index in [0.29, 0.717) is 12.1 Å². The Bertz CT molecular complexity index is 1050. The van der Waals surface area contributed by atoms with E-state index in [-0.39, 0.29) is 11.3 Å². The molecule has 3 rings (SSSR count). The summed E-state index contributed by atoms with van der Waals surface area (Å²) in [6.07, 6.45) is 17.8. The van der Waals surface area contributed by atoms with Gasteiger partial charge in [-0.25, -0.2) is 0 Å². The molecule has 1 aliphatic rings. The average Bonchev–Trinajstić information content (AvgIpc) is 3.18. The molecule has 38 heavy (non-hydrogen) atoms. The molecule has 0 aliphatic carbocycles. The number of unbranched alkanes of at least 4 members (excludes halogenated alkanes) is 13. The third-order valence-electron chi connectivity index (χ3n) is 7.51. The second-order valence-corrected chi connectivity index (χ2v) is 11.4. The summed E-state index contributed by atoms with van der Waals surface area (Å²) in [5.74, 6) is -1.26. The van der Waals surface area contributed by atoms with Gasteiger partial charge in [0, 0.05) is 16.6 Å². The van der Waals surface area contributed by atoms with Crippen LogP contribution in [0.4, 0.5) is 0 Å². The molecule has 0 radical (unpaired) electrons. The maximum Gasteiger partial charge on any atom is 0.295 e. The minimum atomic E-state index is -0.610. The number of benzene rings is 2. The van der Waals surface area contributed by atoms with Gasteiger partial charge in [-0.15, -0.1) is 0 Å². The molecule has 2 aromatic rings. The topological polar surface area (TPSA) is 57.6 Å². The number of hydrogen-bond acceptors (Lipinski definition) is 3. The zero-order chi connectivity index (χ0) is 27.2. The monoisotopic (exact) mass is 581 g/mol. The molecule has 1 unspecified atom stereocenters. The molecule has 206 valence electrons. The first-order valence-corrected chi connectivity index (χ1v) is 15.4. The van der Waals surface area contributed by atoms with Crippen LogP contribution in [0.1, 0.15) is 114 Å². The quantitative estimate of drug-likeness (QED) is 0.0875. The smallest absolute Gasteiger partial charge is 0.295 e. The van der Waals surface area contributed by atoms with Gasteiger partial charge in [0.25, 0.3) is 11.7 Å². The fourth-order valence-electron chi connectivity index (χ4n) is 5.36. The summed E-state index contributed by atoms with van der Waals surface area (Å²) in [6, 6.07) is 16.2. The van der Waals surface area contributed by atoms with Crippen LogP contribution in [0.5, 0.6) is 0 Å². The number of nitrogens with zero attached hydrogens (tertiary/aromatic N) is 1. The highest BCUT2D eigenvalue weighted by Crippen LogP contribution is 2.39. The Morgan fingerprint density at radius 2 is 1.32 bits per heavy atom. The van der Waals surface area contributed by atoms with Crippen molar-refractivity contribution in [2.45, 2.75) is 103 Å². The predicted molar refractivity (Wildman–Crippen MR) is 160 cm³/mol. The Hall–Kier alpha value is -2.40. The molecule has 1 fully saturated rings. The fourth-order valence-corrected chi connectivity index (χ4v) is 5.76. The molecule has 2 aromatic carbocycles. The molecule has 1 saturated heterocycles. The average molecular weight is 583 g/mol. The third kappa shape index (κ3) is 8.83. The summed E-state index contributed by atoms with van der Waals surface area (Å²) in [5.41, 5.74) is 1.54. The molecule has 1 heterocycles. The summed E-state index contributed by atoms with van der Waals surface area (Å²) in [6.45, 7) is 2.77. The van der Waals surface area contributed by atoms with E-state index >= 15 is 0 Å². The van der Waals surface area contributed by atoms with Crippen LogP contribution in [0.2, 0.25) is 0 Å². The maximum atomic E-state index is 13.1. The van der Waals surface area contributed by atoms with Gasteiger partial charge in [0.2, 0.25) is 0 Å². The maximum absolute atomic E-state index is 13.1. The normalized spacial score (nSPS) is 16.9. The zero-order valence-corrected chi connectivity index (χ0v) is 24.6. The van der Waals surface area contributed by atoms with Gasteiger partial charge in [-0.1, -0.05) is 149 Å². The number of ketones is 1. The summed E-state index contributed by atoms with van der Waals surface area (Å²) in [5, 5.41) is 11.1. The Morgan fingerprint density at radius 3 is 1.87 bits per heavy atom. The highest BCUT2D eigenvalue weighted by molar-refractivity contribution is 9.10. The van der Waals surface area contributed by atoms with Gasteiger partial charge in [-0.05, 0) is 24.1 Å². The van der Waals surface area contributed by atoms with E-state index in [1.54, 1.807) is 23.1 Å². The minimum absolute atomic E-state index is 0.123. The van der Waals surface area contributed by atoms with Crippen molar-refractivity contribution in [2.24, 2.45) is 0 Å². The molecular formula is C33H44BrNO3. The first-order chi connectivity index (χ1) is 18.5. The molecule has 0 saturated carbocycles. The number of aliphatic hydroxyl groups excluding tert-OH is 1. The van der Waals surface area contributed by atoms with E-state index in [4.69, 9.17) is 0 Å². The molecule has 0 bridgehead atoms. The number of likely N-dealkylation sites (tertiary alicyclic amines) is 1. The van der Waals surface area contributed by atoms with Gasteiger partial charge in [0.1, 0.15) is 5.76 Å². The first-order valence-electron chi connectivity index (χ1n) is 14.6. The molecule has 5 heteroatoms. The Balaban J connectivity index is 1.50. The Labute approximate surface area is 237 Å². The van der Waals surface area contributed by atoms with Crippen molar-refractivity contribution >= 4 is 33.4 Å². The molecular weight excluding hydrogens is 538 g/mol. The van der Waals surface area contributed by atoms with Gasteiger partial charge in [0.05, 0.1) is 11.6 Å². The lowest BCUT2D eigenvalue weighted by atomic mass is 9.95. The van der Waals surface area contributed by atoms with Gasteiger partial charge in [0.15, 0.2) is 0 Å².